The predicted octanol–water partition coefficient (Wildman–Crippen LogP) is 2.87. The summed E-state index contributed by atoms with van der Waals surface area (Å²) in [6.45, 7) is 5.73. The van der Waals surface area contributed by atoms with Crippen molar-refractivity contribution in [3.63, 3.8) is 0 Å². The Morgan fingerprint density at radius 2 is 1.59 bits per heavy atom. The predicted molar refractivity (Wildman–Crippen MR) is 106 cm³/mol. The third-order valence-corrected chi connectivity index (χ3v) is 7.85. The normalized spacial score (nSPS) is 43.3. The molecule has 4 aliphatic heterocycles. The fourth-order valence-corrected chi connectivity index (χ4v) is 6.52. The molecule has 1 aromatic rings. The van der Waals surface area contributed by atoms with E-state index >= 15 is 0 Å². The van der Waals surface area contributed by atoms with Crippen molar-refractivity contribution in [1.29, 1.82) is 0 Å². The fraction of sp³-hybridized carbons (Fsp3) is 0.652. The summed E-state index contributed by atoms with van der Waals surface area (Å²) in [5, 5.41) is 6.28. The van der Waals surface area contributed by atoms with Crippen molar-refractivity contribution in [3.8, 4) is 0 Å². The van der Waals surface area contributed by atoms with Crippen LogP contribution in [-0.4, -0.2) is 36.2 Å². The highest BCUT2D eigenvalue weighted by Gasteiger charge is 2.65. The second-order valence-electron chi connectivity index (χ2n) is 10.8. The summed E-state index contributed by atoms with van der Waals surface area (Å²) >= 11 is 0. The number of rotatable bonds is 4. The molecule has 2 amide bonds. The van der Waals surface area contributed by atoms with E-state index in [9.17, 15) is 9.59 Å². The van der Waals surface area contributed by atoms with Gasteiger partial charge in [0.1, 0.15) is 11.2 Å². The summed E-state index contributed by atoms with van der Waals surface area (Å²) in [6, 6.07) is 6.05. The van der Waals surface area contributed by atoms with Crippen LogP contribution in [0.4, 0.5) is 5.69 Å². The maximum absolute atomic E-state index is 12.8. The molecule has 0 radical (unpaired) electrons. The highest BCUT2D eigenvalue weighted by atomic mass is 16.5. The van der Waals surface area contributed by atoms with Gasteiger partial charge in [-0.2, -0.15) is 0 Å². The molecule has 7 aliphatic rings. The average molecular weight is 396 g/mol. The maximum Gasteiger partial charge on any atom is 0.256 e. The molecule has 3 aliphatic carbocycles. The zero-order chi connectivity index (χ0) is 20.1. The van der Waals surface area contributed by atoms with E-state index in [1.54, 1.807) is 0 Å². The van der Waals surface area contributed by atoms with Crippen molar-refractivity contribution in [2.45, 2.75) is 69.6 Å². The van der Waals surface area contributed by atoms with Crippen LogP contribution in [0, 0.1) is 10.8 Å². The number of nitrogens with one attached hydrogen (secondary N) is 2. The van der Waals surface area contributed by atoms with Crippen LogP contribution in [0.25, 0.3) is 0 Å². The molecule has 1 aromatic carbocycles. The lowest BCUT2D eigenvalue weighted by molar-refractivity contribution is -0.146. The van der Waals surface area contributed by atoms with Gasteiger partial charge in [-0.05, 0) is 72.6 Å². The monoisotopic (exact) mass is 396 g/mol. The molecule has 1 unspecified atom stereocenters. The Balaban J connectivity index is 1.13. The van der Waals surface area contributed by atoms with Gasteiger partial charge in [0, 0.05) is 5.69 Å². The molecular weight excluding hydrogens is 368 g/mol. The molecule has 0 spiro atoms. The summed E-state index contributed by atoms with van der Waals surface area (Å²) in [5.41, 5.74) is 2.32. The number of hydrogen-bond acceptors (Lipinski definition) is 4. The molecule has 154 valence electrons. The van der Waals surface area contributed by atoms with E-state index < -0.39 is 11.2 Å². The standard InChI is InChI=1S/C23H28N2O4/c1-20-8-22(9-20,28-12-20)18(26)24-15-4-5-16-14(7-15)3-6-17(16)25-19(27)23-10-21(2,11-23)13-29-23/h4-5,7,17H,3,6,8-13H2,1-2H3,(H,24,26)(H,25,27). The Bertz CT molecular complexity index is 927. The number of aryl methyl sites for hydroxylation is 1. The minimum absolute atomic E-state index is 0.0248. The van der Waals surface area contributed by atoms with E-state index in [1.807, 2.05) is 18.2 Å². The average Bonchev–Trinajstić information content (AvgIpc) is 3.40. The summed E-state index contributed by atoms with van der Waals surface area (Å²) in [7, 11) is 0. The van der Waals surface area contributed by atoms with E-state index in [2.05, 4.69) is 24.5 Å². The number of amides is 2. The summed E-state index contributed by atoms with van der Waals surface area (Å²) in [6.07, 6.45) is 5.08. The van der Waals surface area contributed by atoms with Gasteiger partial charge in [-0.3, -0.25) is 9.59 Å². The molecular formula is C23H28N2O4. The maximum atomic E-state index is 12.8. The fourth-order valence-electron chi connectivity index (χ4n) is 6.52. The van der Waals surface area contributed by atoms with Crippen molar-refractivity contribution >= 4 is 17.5 Å². The van der Waals surface area contributed by atoms with Crippen molar-refractivity contribution in [2.24, 2.45) is 10.8 Å². The van der Waals surface area contributed by atoms with Crippen LogP contribution in [0.2, 0.25) is 0 Å². The molecule has 6 heteroatoms. The second kappa shape index (κ2) is 5.41. The molecule has 4 heterocycles. The summed E-state index contributed by atoms with van der Waals surface area (Å²) < 4.78 is 11.6. The molecule has 0 aromatic heterocycles. The second-order valence-corrected chi connectivity index (χ2v) is 10.8. The molecule has 2 N–H and O–H groups in total. The first-order valence-corrected chi connectivity index (χ1v) is 10.8. The van der Waals surface area contributed by atoms with Gasteiger partial charge in [0.2, 0.25) is 0 Å². The minimum Gasteiger partial charge on any atom is -0.365 e. The first kappa shape index (κ1) is 17.9. The van der Waals surface area contributed by atoms with E-state index in [-0.39, 0.29) is 28.7 Å². The van der Waals surface area contributed by atoms with Crippen molar-refractivity contribution in [1.82, 2.24) is 5.32 Å². The quantitative estimate of drug-likeness (QED) is 0.821. The topological polar surface area (TPSA) is 76.7 Å². The van der Waals surface area contributed by atoms with E-state index in [4.69, 9.17) is 9.47 Å². The van der Waals surface area contributed by atoms with Crippen LogP contribution in [0.5, 0.6) is 0 Å². The van der Waals surface area contributed by atoms with Crippen LogP contribution >= 0.6 is 0 Å². The van der Waals surface area contributed by atoms with Crippen LogP contribution in [0.15, 0.2) is 18.2 Å². The number of ether oxygens (including phenoxy) is 2. The number of carbonyl (C=O) groups excluding carboxylic acids is 2. The Hall–Kier alpha value is -1.92. The van der Waals surface area contributed by atoms with Crippen LogP contribution in [0.3, 0.4) is 0 Å². The van der Waals surface area contributed by atoms with Gasteiger partial charge in [0.15, 0.2) is 0 Å². The molecule has 1 atom stereocenters. The number of carbonyl (C=O) groups is 2. The lowest BCUT2D eigenvalue weighted by Crippen LogP contribution is -2.54. The van der Waals surface area contributed by atoms with Crippen molar-refractivity contribution < 1.29 is 19.1 Å². The third-order valence-electron chi connectivity index (χ3n) is 7.85. The largest absolute Gasteiger partial charge is 0.365 e. The smallest absolute Gasteiger partial charge is 0.256 e. The van der Waals surface area contributed by atoms with E-state index in [1.165, 1.54) is 5.56 Å². The lowest BCUT2D eigenvalue weighted by atomic mass is 9.63. The van der Waals surface area contributed by atoms with Crippen LogP contribution in [-0.2, 0) is 25.5 Å². The highest BCUT2D eigenvalue weighted by molar-refractivity contribution is 5.99. The lowest BCUT2D eigenvalue weighted by Gasteiger charge is -2.41. The highest BCUT2D eigenvalue weighted by Crippen LogP contribution is 2.58. The van der Waals surface area contributed by atoms with Gasteiger partial charge < -0.3 is 20.1 Å². The van der Waals surface area contributed by atoms with Gasteiger partial charge in [-0.25, -0.2) is 0 Å². The first-order chi connectivity index (χ1) is 13.7. The molecule has 4 bridgehead atoms. The zero-order valence-corrected chi connectivity index (χ0v) is 17.1. The zero-order valence-electron chi connectivity index (χ0n) is 17.1. The molecule has 29 heavy (non-hydrogen) atoms. The van der Waals surface area contributed by atoms with Gasteiger partial charge >= 0.3 is 0 Å². The Kier molecular flexibility index (Phi) is 3.34. The van der Waals surface area contributed by atoms with Crippen LogP contribution in [0.1, 0.15) is 63.1 Å². The van der Waals surface area contributed by atoms with Gasteiger partial charge in [-0.15, -0.1) is 0 Å². The molecule has 6 nitrogen and oxygen atoms in total. The number of anilines is 1. The third kappa shape index (κ3) is 2.48. The SMILES string of the molecule is CC12COC(C(=O)Nc3ccc4c(c3)CCC4NC(=O)C34CC(C)(CO3)C4)(C1)C2. The summed E-state index contributed by atoms with van der Waals surface area (Å²) in [5.74, 6) is 0.00834. The van der Waals surface area contributed by atoms with Gasteiger partial charge in [0.25, 0.3) is 11.8 Å². The van der Waals surface area contributed by atoms with Crippen molar-refractivity contribution in [3.05, 3.63) is 29.3 Å². The van der Waals surface area contributed by atoms with E-state index in [0.717, 1.165) is 49.8 Å². The van der Waals surface area contributed by atoms with Gasteiger partial charge in [0.05, 0.1) is 19.3 Å². The number of hydrogen-bond donors (Lipinski definition) is 2. The van der Waals surface area contributed by atoms with Crippen molar-refractivity contribution in [2.75, 3.05) is 18.5 Å². The Morgan fingerprint density at radius 1 is 0.966 bits per heavy atom. The number of benzene rings is 1. The van der Waals surface area contributed by atoms with Crippen LogP contribution < -0.4 is 10.6 Å². The van der Waals surface area contributed by atoms with Gasteiger partial charge in [-0.1, -0.05) is 19.9 Å². The Labute approximate surface area is 170 Å². The molecule has 2 saturated carbocycles. The first-order valence-electron chi connectivity index (χ1n) is 10.8. The summed E-state index contributed by atoms with van der Waals surface area (Å²) in [4.78, 5) is 25.6. The molecule has 8 rings (SSSR count). The molecule has 6 fully saturated rings. The van der Waals surface area contributed by atoms with E-state index in [0.29, 0.717) is 13.2 Å². The number of fused-ring (bicyclic) bond motifs is 3. The minimum atomic E-state index is -0.623. The molecule has 4 saturated heterocycles. The Morgan fingerprint density at radius 3 is 2.17 bits per heavy atom.